The summed E-state index contributed by atoms with van der Waals surface area (Å²) in [5.41, 5.74) is 2.43. The molecule has 1 aromatic carbocycles. The molecule has 0 bridgehead atoms. The first-order valence-electron chi connectivity index (χ1n) is 7.34. The lowest BCUT2D eigenvalue weighted by Crippen LogP contribution is -2.28. The van der Waals surface area contributed by atoms with Gasteiger partial charge in [0.15, 0.2) is 0 Å². The van der Waals surface area contributed by atoms with Crippen molar-refractivity contribution >= 4 is 15.7 Å². The fourth-order valence-electron chi connectivity index (χ4n) is 2.82. The zero-order valence-corrected chi connectivity index (χ0v) is 13.7. The van der Waals surface area contributed by atoms with Crippen LogP contribution in [-0.4, -0.2) is 34.7 Å². The second-order valence-electron chi connectivity index (χ2n) is 5.51. The number of anilines is 1. The predicted molar refractivity (Wildman–Crippen MR) is 84.2 cm³/mol. The first kappa shape index (κ1) is 16.3. The molecular weight excluding hydrogens is 288 g/mol. The van der Waals surface area contributed by atoms with E-state index in [1.807, 2.05) is 33.0 Å². The highest BCUT2D eigenvalue weighted by Gasteiger charge is 2.21. The number of aryl methyl sites for hydroxylation is 2. The molecule has 118 valence electrons. The molecule has 1 unspecified atom stereocenters. The van der Waals surface area contributed by atoms with E-state index in [0.29, 0.717) is 11.4 Å². The number of sulfonamides is 1. The lowest BCUT2D eigenvalue weighted by atomic mass is 10.1. The summed E-state index contributed by atoms with van der Waals surface area (Å²) < 4.78 is 33.2. The molecule has 1 atom stereocenters. The van der Waals surface area contributed by atoms with E-state index >= 15 is 0 Å². The Morgan fingerprint density at radius 1 is 1.29 bits per heavy atom. The number of benzene rings is 1. The quantitative estimate of drug-likeness (QED) is 0.845. The van der Waals surface area contributed by atoms with E-state index in [9.17, 15) is 8.42 Å². The van der Waals surface area contributed by atoms with E-state index < -0.39 is 10.0 Å². The molecule has 0 amide bonds. The monoisotopic (exact) mass is 312 g/mol. The second-order valence-corrected chi connectivity index (χ2v) is 7.21. The van der Waals surface area contributed by atoms with E-state index in [2.05, 4.69) is 10.0 Å². The van der Waals surface area contributed by atoms with Crippen molar-refractivity contribution in [2.75, 3.05) is 25.5 Å². The highest BCUT2D eigenvalue weighted by atomic mass is 32.2. The van der Waals surface area contributed by atoms with Crippen molar-refractivity contribution in [3.05, 3.63) is 23.3 Å². The first-order chi connectivity index (χ1) is 9.94. The number of hydrogen-bond acceptors (Lipinski definition) is 4. The van der Waals surface area contributed by atoms with Gasteiger partial charge in [-0.25, -0.2) is 13.1 Å². The molecular formula is C15H24N2O3S. The van der Waals surface area contributed by atoms with Crippen LogP contribution in [0.3, 0.4) is 0 Å². The van der Waals surface area contributed by atoms with Crippen molar-refractivity contribution in [1.29, 1.82) is 0 Å². The van der Waals surface area contributed by atoms with Crippen LogP contribution in [0.4, 0.5) is 5.69 Å². The minimum absolute atomic E-state index is 0.196. The normalized spacial score (nSPS) is 18.9. The highest BCUT2D eigenvalue weighted by molar-refractivity contribution is 7.89. The number of ether oxygens (including phenoxy) is 1. The molecule has 0 aliphatic carbocycles. The Kier molecular flexibility index (Phi) is 5.24. The Bertz CT molecular complexity index is 570. The molecule has 0 spiro atoms. The van der Waals surface area contributed by atoms with Crippen molar-refractivity contribution in [2.24, 2.45) is 0 Å². The van der Waals surface area contributed by atoms with Crippen LogP contribution in [0, 0.1) is 13.8 Å². The Morgan fingerprint density at radius 3 is 2.48 bits per heavy atom. The van der Waals surface area contributed by atoms with Gasteiger partial charge in [0, 0.05) is 25.9 Å². The van der Waals surface area contributed by atoms with Crippen LogP contribution >= 0.6 is 0 Å². The highest BCUT2D eigenvalue weighted by Crippen LogP contribution is 2.24. The standard InChI is InChI=1S/C15H24N2O3S/c1-11-9-13(16-3)10-12(2)15(11)21(18,19)17-7-6-14-5-4-8-20-14/h9-10,14,16-17H,4-8H2,1-3H3. The van der Waals surface area contributed by atoms with Crippen LogP contribution in [0.5, 0.6) is 0 Å². The number of hydrogen-bond donors (Lipinski definition) is 2. The fourth-order valence-corrected chi connectivity index (χ4v) is 4.31. The molecule has 1 aliphatic heterocycles. The van der Waals surface area contributed by atoms with Gasteiger partial charge in [0.2, 0.25) is 10.0 Å². The summed E-state index contributed by atoms with van der Waals surface area (Å²) in [6, 6.07) is 3.70. The van der Waals surface area contributed by atoms with Crippen LogP contribution in [-0.2, 0) is 14.8 Å². The van der Waals surface area contributed by atoms with Gasteiger partial charge in [0.1, 0.15) is 0 Å². The van der Waals surface area contributed by atoms with E-state index in [1.165, 1.54) is 0 Å². The zero-order valence-electron chi connectivity index (χ0n) is 12.9. The van der Waals surface area contributed by atoms with Crippen molar-refractivity contribution < 1.29 is 13.2 Å². The SMILES string of the molecule is CNc1cc(C)c(S(=O)(=O)NCCC2CCCO2)c(C)c1. The summed E-state index contributed by atoms with van der Waals surface area (Å²) >= 11 is 0. The topological polar surface area (TPSA) is 67.4 Å². The van der Waals surface area contributed by atoms with E-state index in [0.717, 1.165) is 42.7 Å². The molecule has 1 aromatic rings. The molecule has 2 rings (SSSR count). The van der Waals surface area contributed by atoms with Gasteiger partial charge in [-0.05, 0) is 56.4 Å². The predicted octanol–water partition coefficient (Wildman–Crippen LogP) is 2.19. The van der Waals surface area contributed by atoms with Crippen LogP contribution in [0.1, 0.15) is 30.4 Å². The molecule has 0 radical (unpaired) electrons. The third-order valence-corrected chi connectivity index (χ3v) is 5.57. The fraction of sp³-hybridized carbons (Fsp3) is 0.600. The Morgan fingerprint density at radius 2 is 1.95 bits per heavy atom. The van der Waals surface area contributed by atoms with Gasteiger partial charge < -0.3 is 10.1 Å². The molecule has 21 heavy (non-hydrogen) atoms. The molecule has 1 aliphatic rings. The van der Waals surface area contributed by atoms with Crippen molar-refractivity contribution in [1.82, 2.24) is 4.72 Å². The molecule has 1 saturated heterocycles. The van der Waals surface area contributed by atoms with Gasteiger partial charge in [-0.15, -0.1) is 0 Å². The van der Waals surface area contributed by atoms with E-state index in [-0.39, 0.29) is 6.10 Å². The molecule has 5 nitrogen and oxygen atoms in total. The van der Waals surface area contributed by atoms with E-state index in [1.54, 1.807) is 0 Å². The van der Waals surface area contributed by atoms with Crippen LogP contribution in [0.15, 0.2) is 17.0 Å². The number of rotatable bonds is 6. The lowest BCUT2D eigenvalue weighted by Gasteiger charge is -2.15. The molecule has 0 aromatic heterocycles. The maximum absolute atomic E-state index is 12.5. The third-order valence-electron chi connectivity index (χ3n) is 3.80. The molecule has 2 N–H and O–H groups in total. The Hall–Kier alpha value is -1.11. The first-order valence-corrected chi connectivity index (χ1v) is 8.82. The summed E-state index contributed by atoms with van der Waals surface area (Å²) in [7, 11) is -1.65. The minimum atomic E-state index is -3.47. The van der Waals surface area contributed by atoms with Crippen molar-refractivity contribution in [3.8, 4) is 0 Å². The lowest BCUT2D eigenvalue weighted by molar-refractivity contribution is 0.105. The average Bonchev–Trinajstić information content (AvgIpc) is 2.90. The average molecular weight is 312 g/mol. The van der Waals surface area contributed by atoms with Crippen molar-refractivity contribution in [3.63, 3.8) is 0 Å². The molecule has 1 fully saturated rings. The summed E-state index contributed by atoms with van der Waals surface area (Å²) in [6.07, 6.45) is 3.02. The van der Waals surface area contributed by atoms with E-state index in [4.69, 9.17) is 4.74 Å². The van der Waals surface area contributed by atoms with Crippen LogP contribution in [0.2, 0.25) is 0 Å². The summed E-state index contributed by atoms with van der Waals surface area (Å²) in [6.45, 7) is 4.85. The Labute approximate surface area is 127 Å². The zero-order chi connectivity index (χ0) is 15.5. The van der Waals surface area contributed by atoms with Gasteiger partial charge in [0.25, 0.3) is 0 Å². The second kappa shape index (κ2) is 6.77. The molecule has 1 heterocycles. The minimum Gasteiger partial charge on any atom is -0.388 e. The molecule has 0 saturated carbocycles. The largest absolute Gasteiger partial charge is 0.388 e. The maximum atomic E-state index is 12.5. The van der Waals surface area contributed by atoms with Crippen LogP contribution in [0.25, 0.3) is 0 Å². The Balaban J connectivity index is 2.08. The van der Waals surface area contributed by atoms with Gasteiger partial charge in [0.05, 0.1) is 11.0 Å². The van der Waals surface area contributed by atoms with Crippen molar-refractivity contribution in [2.45, 2.75) is 44.1 Å². The van der Waals surface area contributed by atoms with Gasteiger partial charge in [-0.2, -0.15) is 0 Å². The van der Waals surface area contributed by atoms with Gasteiger partial charge in [-0.3, -0.25) is 0 Å². The molecule has 6 heteroatoms. The van der Waals surface area contributed by atoms with Gasteiger partial charge >= 0.3 is 0 Å². The summed E-state index contributed by atoms with van der Waals surface area (Å²) in [4.78, 5) is 0.383. The third kappa shape index (κ3) is 3.96. The van der Waals surface area contributed by atoms with Crippen LogP contribution < -0.4 is 10.0 Å². The maximum Gasteiger partial charge on any atom is 0.241 e. The summed E-state index contributed by atoms with van der Waals surface area (Å²) in [5.74, 6) is 0. The summed E-state index contributed by atoms with van der Waals surface area (Å²) in [5, 5.41) is 3.04. The number of nitrogens with one attached hydrogen (secondary N) is 2. The van der Waals surface area contributed by atoms with Gasteiger partial charge in [-0.1, -0.05) is 0 Å². The smallest absolute Gasteiger partial charge is 0.241 e.